The first-order valence-corrected chi connectivity index (χ1v) is 17.9. The van der Waals surface area contributed by atoms with E-state index in [-0.39, 0.29) is 10.8 Å². The Morgan fingerprint density at radius 2 is 1.08 bits per heavy atom. The predicted octanol–water partition coefficient (Wildman–Crippen LogP) is 11.3. The van der Waals surface area contributed by atoms with Gasteiger partial charge in [-0.15, -0.1) is 0 Å². The van der Waals surface area contributed by atoms with Gasteiger partial charge in [0, 0.05) is 11.0 Å². The van der Waals surface area contributed by atoms with E-state index in [2.05, 4.69) is 154 Å². The van der Waals surface area contributed by atoms with E-state index in [0.29, 0.717) is 13.2 Å². The Balaban J connectivity index is 1.66. The third kappa shape index (κ3) is 6.27. The fourth-order valence-electron chi connectivity index (χ4n) is 7.36. The minimum Gasteiger partial charge on any atom is -0.494 e. The number of aromatic nitrogens is 2. The molecule has 0 N–H and O–H groups in total. The van der Waals surface area contributed by atoms with Gasteiger partial charge in [-0.05, 0) is 101 Å². The maximum Gasteiger partial charge on any atom is 0.119 e. The molecule has 0 unspecified atom stereocenters. The monoisotopic (exact) mass is 652 g/mol. The van der Waals surface area contributed by atoms with Gasteiger partial charge < -0.3 is 9.47 Å². The predicted molar refractivity (Wildman–Crippen MR) is 203 cm³/mol. The second-order valence-electron chi connectivity index (χ2n) is 15.6. The van der Waals surface area contributed by atoms with Gasteiger partial charge in [0.2, 0.25) is 0 Å². The molecule has 1 aliphatic rings. The number of hydrogen-bond donors (Lipinski definition) is 0. The zero-order chi connectivity index (χ0) is 35.1. The zero-order valence-electron chi connectivity index (χ0n) is 31.1. The molecule has 49 heavy (non-hydrogen) atoms. The minimum atomic E-state index is -0.587. The molecular weight excluding hydrogens is 601 g/mol. The number of hydrogen-bond acceptors (Lipinski definition) is 4. The molecule has 0 saturated heterocycles. The third-order valence-electron chi connectivity index (χ3n) is 9.75. The van der Waals surface area contributed by atoms with Crippen LogP contribution in [0.15, 0.2) is 84.9 Å². The first kappa shape index (κ1) is 34.4. The van der Waals surface area contributed by atoms with Crippen molar-refractivity contribution < 1.29 is 9.47 Å². The van der Waals surface area contributed by atoms with E-state index < -0.39 is 5.41 Å². The highest BCUT2D eigenvalue weighted by Crippen LogP contribution is 2.57. The summed E-state index contributed by atoms with van der Waals surface area (Å²) in [6.07, 6.45) is 1.94. The van der Waals surface area contributed by atoms with E-state index >= 15 is 0 Å². The Hall–Kier alpha value is -4.44. The Morgan fingerprint density at radius 3 is 1.57 bits per heavy atom. The molecule has 4 nitrogen and oxygen atoms in total. The molecule has 1 aromatic heterocycles. The summed E-state index contributed by atoms with van der Waals surface area (Å²) in [5.41, 5.74) is 13.0. The van der Waals surface area contributed by atoms with Crippen LogP contribution in [0.5, 0.6) is 11.5 Å². The third-order valence-corrected chi connectivity index (χ3v) is 9.75. The molecule has 0 aliphatic heterocycles. The fraction of sp³-hybridized carbons (Fsp3) is 0.378. The molecular formula is C45H52N2O2. The Labute approximate surface area is 294 Å². The SMILES string of the molecule is CCCOc1ccc(C2(c3ccc(OCCC)cc3)c3cc(-c4nc(C)c(C(C)(C)C)nc4C)ccc3-c3ccc(C(C)(C)C)cc32)cc1. The van der Waals surface area contributed by atoms with Gasteiger partial charge >= 0.3 is 0 Å². The summed E-state index contributed by atoms with van der Waals surface area (Å²) >= 11 is 0. The summed E-state index contributed by atoms with van der Waals surface area (Å²) in [6.45, 7) is 23.3. The minimum absolute atomic E-state index is 0.0184. The molecule has 0 saturated carbocycles. The van der Waals surface area contributed by atoms with Crippen molar-refractivity contribution in [3.8, 4) is 33.9 Å². The average Bonchev–Trinajstić information content (AvgIpc) is 3.36. The molecule has 254 valence electrons. The standard InChI is InChI=1S/C45H52N2O2/c1-11-25-48-35-19-14-32(15-20-35)45(33-16-21-36(22-17-33)49-26-12-2)39-27-31(41-29(3)47-42(30(4)46-41)44(8,9)10)13-23-37(39)38-24-18-34(28-40(38)45)43(5,6)7/h13-24,27-28H,11-12,25-26H2,1-10H3. The van der Waals surface area contributed by atoms with Gasteiger partial charge in [0.1, 0.15) is 11.5 Å². The smallest absolute Gasteiger partial charge is 0.119 e. The molecule has 0 radical (unpaired) electrons. The lowest BCUT2D eigenvalue weighted by Gasteiger charge is -2.35. The number of rotatable bonds is 9. The van der Waals surface area contributed by atoms with Gasteiger partial charge in [0.15, 0.2) is 0 Å². The summed E-state index contributed by atoms with van der Waals surface area (Å²) in [4.78, 5) is 10.3. The summed E-state index contributed by atoms with van der Waals surface area (Å²) in [5.74, 6) is 1.78. The molecule has 0 bridgehead atoms. The van der Waals surface area contributed by atoms with E-state index in [0.717, 1.165) is 52.7 Å². The second kappa shape index (κ2) is 13.1. The summed E-state index contributed by atoms with van der Waals surface area (Å²) in [7, 11) is 0. The van der Waals surface area contributed by atoms with Crippen molar-refractivity contribution in [2.45, 2.75) is 98.3 Å². The van der Waals surface area contributed by atoms with Crippen LogP contribution in [-0.4, -0.2) is 23.2 Å². The number of aryl methyl sites for hydroxylation is 2. The van der Waals surface area contributed by atoms with Crippen LogP contribution >= 0.6 is 0 Å². The second-order valence-corrected chi connectivity index (χ2v) is 15.6. The molecule has 1 heterocycles. The van der Waals surface area contributed by atoms with Crippen LogP contribution < -0.4 is 9.47 Å². The normalized spacial score (nSPS) is 13.6. The molecule has 0 spiro atoms. The van der Waals surface area contributed by atoms with Gasteiger partial charge in [0.05, 0.1) is 41.4 Å². The number of ether oxygens (including phenoxy) is 2. The van der Waals surface area contributed by atoms with E-state index in [9.17, 15) is 0 Å². The number of nitrogens with zero attached hydrogens (tertiary/aromatic N) is 2. The van der Waals surface area contributed by atoms with E-state index in [1.807, 2.05) is 0 Å². The van der Waals surface area contributed by atoms with Gasteiger partial charge in [-0.2, -0.15) is 0 Å². The van der Waals surface area contributed by atoms with Crippen LogP contribution in [0.2, 0.25) is 0 Å². The van der Waals surface area contributed by atoms with E-state index in [1.54, 1.807) is 0 Å². The van der Waals surface area contributed by atoms with Crippen LogP contribution in [0.4, 0.5) is 0 Å². The maximum atomic E-state index is 6.07. The molecule has 6 rings (SSSR count). The highest BCUT2D eigenvalue weighted by molar-refractivity contribution is 5.88. The molecule has 1 aliphatic carbocycles. The Kier molecular flexibility index (Phi) is 9.21. The van der Waals surface area contributed by atoms with E-state index in [4.69, 9.17) is 19.4 Å². The largest absolute Gasteiger partial charge is 0.494 e. The van der Waals surface area contributed by atoms with Crippen LogP contribution in [-0.2, 0) is 16.2 Å². The molecule has 4 aromatic carbocycles. The first-order valence-electron chi connectivity index (χ1n) is 17.9. The lowest BCUT2D eigenvalue weighted by Crippen LogP contribution is -2.29. The van der Waals surface area contributed by atoms with Crippen molar-refractivity contribution in [2.24, 2.45) is 0 Å². The molecule has 5 aromatic rings. The summed E-state index contributed by atoms with van der Waals surface area (Å²) in [6, 6.07) is 31.6. The lowest BCUT2D eigenvalue weighted by atomic mass is 9.66. The quantitative estimate of drug-likeness (QED) is 0.156. The van der Waals surface area contributed by atoms with Crippen molar-refractivity contribution >= 4 is 0 Å². The molecule has 4 heteroatoms. The van der Waals surface area contributed by atoms with E-state index in [1.165, 1.54) is 38.9 Å². The van der Waals surface area contributed by atoms with Crippen molar-refractivity contribution in [3.63, 3.8) is 0 Å². The highest BCUT2D eigenvalue weighted by Gasteiger charge is 2.47. The van der Waals surface area contributed by atoms with Crippen molar-refractivity contribution in [3.05, 3.63) is 130 Å². The zero-order valence-corrected chi connectivity index (χ0v) is 31.1. The average molecular weight is 653 g/mol. The summed E-state index contributed by atoms with van der Waals surface area (Å²) in [5, 5.41) is 0. The van der Waals surface area contributed by atoms with Gasteiger partial charge in [0.25, 0.3) is 0 Å². The highest BCUT2D eigenvalue weighted by atomic mass is 16.5. The maximum absolute atomic E-state index is 6.07. The van der Waals surface area contributed by atoms with Gasteiger partial charge in [-0.3, -0.25) is 4.98 Å². The van der Waals surface area contributed by atoms with Crippen LogP contribution in [0.1, 0.15) is 113 Å². The molecule has 0 fully saturated rings. The number of benzene rings is 4. The first-order chi connectivity index (χ1) is 23.3. The summed E-state index contributed by atoms with van der Waals surface area (Å²) < 4.78 is 12.1. The number of fused-ring (bicyclic) bond motifs is 3. The van der Waals surface area contributed by atoms with Crippen LogP contribution in [0.25, 0.3) is 22.4 Å². The molecule has 0 atom stereocenters. The molecule has 0 amide bonds. The van der Waals surface area contributed by atoms with Gasteiger partial charge in [-0.1, -0.05) is 110 Å². The van der Waals surface area contributed by atoms with Crippen molar-refractivity contribution in [2.75, 3.05) is 13.2 Å². The van der Waals surface area contributed by atoms with Crippen LogP contribution in [0.3, 0.4) is 0 Å². The van der Waals surface area contributed by atoms with Gasteiger partial charge in [-0.25, -0.2) is 4.98 Å². The van der Waals surface area contributed by atoms with Crippen molar-refractivity contribution in [1.82, 2.24) is 9.97 Å². The topological polar surface area (TPSA) is 44.2 Å². The van der Waals surface area contributed by atoms with Crippen LogP contribution in [0, 0.1) is 13.8 Å². The van der Waals surface area contributed by atoms with Crippen molar-refractivity contribution in [1.29, 1.82) is 0 Å². The lowest BCUT2D eigenvalue weighted by molar-refractivity contribution is 0.317. The Bertz CT molecular complexity index is 1910. The Morgan fingerprint density at radius 1 is 0.571 bits per heavy atom. The fourth-order valence-corrected chi connectivity index (χ4v) is 7.36.